The molecule has 0 aliphatic carbocycles. The van der Waals surface area contributed by atoms with Crippen molar-refractivity contribution in [3.05, 3.63) is 194 Å². The van der Waals surface area contributed by atoms with Gasteiger partial charge in [0.1, 0.15) is 0 Å². The zero-order valence-electron chi connectivity index (χ0n) is 29.8. The molecule has 0 atom stereocenters. The van der Waals surface area contributed by atoms with Crippen LogP contribution in [0.2, 0.25) is 0 Å². The molecule has 2 heterocycles. The third kappa shape index (κ3) is 5.34. The van der Waals surface area contributed by atoms with E-state index in [1.165, 1.54) is 37.8 Å². The van der Waals surface area contributed by atoms with Crippen molar-refractivity contribution in [1.82, 2.24) is 19.5 Å². The first-order valence-corrected chi connectivity index (χ1v) is 18.6. The number of fused-ring (bicyclic) bond motifs is 6. The molecule has 0 radical (unpaired) electrons. The molecular weight excluding hydrogens is 669 g/mol. The van der Waals surface area contributed by atoms with Gasteiger partial charge in [0.2, 0.25) is 0 Å². The SMILES string of the molecule is c1ccc(-c2cc(-c3nc(-c4ccc5ccccc5c4)nc(-c4ccc5ccccc5c4)n3)ccc2-n2c3ccccc3c3cc4ccccc4cc32)cc1. The van der Waals surface area contributed by atoms with Crippen LogP contribution < -0.4 is 0 Å². The summed E-state index contributed by atoms with van der Waals surface area (Å²) in [6.07, 6.45) is 0. The van der Waals surface area contributed by atoms with Gasteiger partial charge in [0.25, 0.3) is 0 Å². The lowest BCUT2D eigenvalue weighted by Gasteiger charge is -2.16. The van der Waals surface area contributed by atoms with Gasteiger partial charge in [-0.2, -0.15) is 0 Å². The minimum atomic E-state index is 0.623. The van der Waals surface area contributed by atoms with Crippen LogP contribution in [-0.2, 0) is 0 Å². The van der Waals surface area contributed by atoms with Crippen molar-refractivity contribution in [3.8, 4) is 51.0 Å². The molecule has 4 nitrogen and oxygen atoms in total. The Kier molecular flexibility index (Phi) is 7.14. The summed E-state index contributed by atoms with van der Waals surface area (Å²) in [4.78, 5) is 15.5. The monoisotopic (exact) mass is 700 g/mol. The molecule has 0 bridgehead atoms. The van der Waals surface area contributed by atoms with Gasteiger partial charge in [0.05, 0.1) is 16.7 Å². The molecule has 0 fully saturated rings. The Morgan fingerprint density at radius 1 is 0.291 bits per heavy atom. The predicted molar refractivity (Wildman–Crippen MR) is 228 cm³/mol. The van der Waals surface area contributed by atoms with Crippen LogP contribution in [0.15, 0.2) is 194 Å². The average Bonchev–Trinajstić information content (AvgIpc) is 3.58. The van der Waals surface area contributed by atoms with Crippen molar-refractivity contribution >= 4 is 54.1 Å². The molecular formula is C51H32N4. The van der Waals surface area contributed by atoms with Crippen molar-refractivity contribution in [2.75, 3.05) is 0 Å². The maximum Gasteiger partial charge on any atom is 0.164 e. The number of nitrogens with zero attached hydrogens (tertiary/aromatic N) is 4. The first kappa shape index (κ1) is 31.1. The van der Waals surface area contributed by atoms with Gasteiger partial charge in [-0.25, -0.2) is 15.0 Å². The lowest BCUT2D eigenvalue weighted by molar-refractivity contribution is 1.07. The molecule has 4 heteroatoms. The first-order chi connectivity index (χ1) is 27.2. The minimum absolute atomic E-state index is 0.623. The topological polar surface area (TPSA) is 43.6 Å². The summed E-state index contributed by atoms with van der Waals surface area (Å²) in [6.45, 7) is 0. The second kappa shape index (κ2) is 12.6. The zero-order chi connectivity index (χ0) is 36.3. The highest BCUT2D eigenvalue weighted by Crippen LogP contribution is 2.39. The van der Waals surface area contributed by atoms with Gasteiger partial charge in [-0.15, -0.1) is 0 Å². The van der Waals surface area contributed by atoms with Crippen molar-refractivity contribution < 1.29 is 0 Å². The van der Waals surface area contributed by atoms with Crippen molar-refractivity contribution in [3.63, 3.8) is 0 Å². The third-order valence-electron chi connectivity index (χ3n) is 10.8. The molecule has 11 aromatic rings. The van der Waals surface area contributed by atoms with E-state index in [1.54, 1.807) is 0 Å². The summed E-state index contributed by atoms with van der Waals surface area (Å²) in [5.41, 5.74) is 8.44. The molecule has 0 saturated heterocycles. The molecule has 0 amide bonds. The Morgan fingerprint density at radius 3 is 1.38 bits per heavy atom. The number of hydrogen-bond donors (Lipinski definition) is 0. The maximum atomic E-state index is 5.20. The summed E-state index contributed by atoms with van der Waals surface area (Å²) < 4.78 is 2.41. The summed E-state index contributed by atoms with van der Waals surface area (Å²) in [5.74, 6) is 1.90. The van der Waals surface area contributed by atoms with Gasteiger partial charge in [-0.05, 0) is 86.4 Å². The molecule has 0 aliphatic rings. The Balaban J connectivity index is 1.15. The van der Waals surface area contributed by atoms with E-state index < -0.39 is 0 Å². The summed E-state index contributed by atoms with van der Waals surface area (Å²) >= 11 is 0. The van der Waals surface area contributed by atoms with Crippen LogP contribution in [0.3, 0.4) is 0 Å². The molecule has 55 heavy (non-hydrogen) atoms. The predicted octanol–water partition coefficient (Wildman–Crippen LogP) is 13.1. The molecule has 0 spiro atoms. The van der Waals surface area contributed by atoms with Crippen LogP contribution >= 0.6 is 0 Å². The molecule has 0 aliphatic heterocycles. The first-order valence-electron chi connectivity index (χ1n) is 18.6. The number of hydrogen-bond acceptors (Lipinski definition) is 3. The average molecular weight is 701 g/mol. The summed E-state index contributed by atoms with van der Waals surface area (Å²) in [5, 5.41) is 9.54. The van der Waals surface area contributed by atoms with Crippen LogP contribution in [0.5, 0.6) is 0 Å². The van der Waals surface area contributed by atoms with E-state index in [0.29, 0.717) is 17.5 Å². The Morgan fingerprint density at radius 2 is 0.764 bits per heavy atom. The normalized spacial score (nSPS) is 11.6. The van der Waals surface area contributed by atoms with Gasteiger partial charge in [-0.3, -0.25) is 0 Å². The highest BCUT2D eigenvalue weighted by molar-refractivity contribution is 6.14. The van der Waals surface area contributed by atoms with E-state index in [-0.39, 0.29) is 0 Å². The minimum Gasteiger partial charge on any atom is -0.309 e. The highest BCUT2D eigenvalue weighted by Gasteiger charge is 2.19. The quantitative estimate of drug-likeness (QED) is 0.179. The van der Waals surface area contributed by atoms with E-state index in [0.717, 1.165) is 49.8 Å². The van der Waals surface area contributed by atoms with Crippen LogP contribution in [0, 0.1) is 0 Å². The smallest absolute Gasteiger partial charge is 0.164 e. The molecule has 0 unspecified atom stereocenters. The molecule has 9 aromatic carbocycles. The molecule has 2 aromatic heterocycles. The number of aromatic nitrogens is 4. The van der Waals surface area contributed by atoms with E-state index in [2.05, 4.69) is 199 Å². The fraction of sp³-hybridized carbons (Fsp3) is 0. The van der Waals surface area contributed by atoms with E-state index in [9.17, 15) is 0 Å². The van der Waals surface area contributed by atoms with Gasteiger partial charge < -0.3 is 4.57 Å². The van der Waals surface area contributed by atoms with Crippen LogP contribution in [-0.4, -0.2) is 19.5 Å². The Hall–Kier alpha value is -7.43. The largest absolute Gasteiger partial charge is 0.309 e. The number of rotatable bonds is 5. The highest BCUT2D eigenvalue weighted by atomic mass is 15.0. The second-order valence-corrected chi connectivity index (χ2v) is 14.1. The standard InChI is InChI=1S/C51H32N4/c1-2-14-35(15-3-1)44-31-42(26-27-47(44)55-46-21-11-10-20-43(46)45-30-38-18-8-9-19-39(38)32-48(45)55)51-53-49(40-24-22-33-12-4-6-16-36(33)28-40)52-50(54-51)41-25-23-34-13-5-7-17-37(34)29-41/h1-32H. The van der Waals surface area contributed by atoms with Crippen molar-refractivity contribution in [1.29, 1.82) is 0 Å². The van der Waals surface area contributed by atoms with E-state index >= 15 is 0 Å². The van der Waals surface area contributed by atoms with Crippen LogP contribution in [0.25, 0.3) is 105 Å². The van der Waals surface area contributed by atoms with Crippen molar-refractivity contribution in [2.24, 2.45) is 0 Å². The molecule has 256 valence electrons. The maximum absolute atomic E-state index is 5.20. The van der Waals surface area contributed by atoms with E-state index in [1.807, 2.05) is 0 Å². The van der Waals surface area contributed by atoms with Crippen molar-refractivity contribution in [2.45, 2.75) is 0 Å². The molecule has 0 N–H and O–H groups in total. The third-order valence-corrected chi connectivity index (χ3v) is 10.8. The molecule has 11 rings (SSSR count). The van der Waals surface area contributed by atoms with Gasteiger partial charge >= 0.3 is 0 Å². The lowest BCUT2D eigenvalue weighted by Crippen LogP contribution is -2.02. The fourth-order valence-corrected chi connectivity index (χ4v) is 8.05. The van der Waals surface area contributed by atoms with E-state index in [4.69, 9.17) is 15.0 Å². The van der Waals surface area contributed by atoms with Gasteiger partial charge in [0, 0.05) is 33.0 Å². The van der Waals surface area contributed by atoms with Gasteiger partial charge in [-0.1, -0.05) is 146 Å². The number of para-hydroxylation sites is 1. The molecule has 0 saturated carbocycles. The van der Waals surface area contributed by atoms with Gasteiger partial charge in [0.15, 0.2) is 17.5 Å². The fourth-order valence-electron chi connectivity index (χ4n) is 8.05. The van der Waals surface area contributed by atoms with Crippen LogP contribution in [0.4, 0.5) is 0 Å². The Labute approximate surface area is 317 Å². The second-order valence-electron chi connectivity index (χ2n) is 14.1. The Bertz CT molecular complexity index is 3170. The zero-order valence-corrected chi connectivity index (χ0v) is 29.8. The lowest BCUT2D eigenvalue weighted by atomic mass is 9.99. The summed E-state index contributed by atoms with van der Waals surface area (Å²) in [6, 6.07) is 68.9. The number of benzene rings is 9. The summed E-state index contributed by atoms with van der Waals surface area (Å²) in [7, 11) is 0. The van der Waals surface area contributed by atoms with Crippen LogP contribution in [0.1, 0.15) is 0 Å².